The summed E-state index contributed by atoms with van der Waals surface area (Å²) in [6.45, 7) is 9.51. The molecule has 8 heteroatoms. The molecule has 0 aliphatic carbocycles. The SMILES string of the molecule is CC(C)(C)OC(=O)N1[C@H](COc2ccc([N+](=O)[O-])cc2)COC1(C)C. The summed E-state index contributed by atoms with van der Waals surface area (Å²) in [6.07, 6.45) is -0.465. The predicted molar refractivity (Wildman–Crippen MR) is 90.5 cm³/mol. The number of rotatable bonds is 4. The van der Waals surface area contributed by atoms with Crippen LogP contribution in [0.15, 0.2) is 24.3 Å². The summed E-state index contributed by atoms with van der Waals surface area (Å²) in [4.78, 5) is 24.2. The van der Waals surface area contributed by atoms with Crippen LogP contribution in [0.3, 0.4) is 0 Å². The van der Waals surface area contributed by atoms with E-state index in [1.54, 1.807) is 34.6 Å². The van der Waals surface area contributed by atoms with Gasteiger partial charge in [0.15, 0.2) is 0 Å². The molecule has 1 heterocycles. The van der Waals surface area contributed by atoms with Gasteiger partial charge in [0.25, 0.3) is 5.69 Å². The number of amides is 1. The van der Waals surface area contributed by atoms with E-state index in [2.05, 4.69) is 0 Å². The molecule has 25 heavy (non-hydrogen) atoms. The van der Waals surface area contributed by atoms with Gasteiger partial charge >= 0.3 is 6.09 Å². The second kappa shape index (κ2) is 6.87. The van der Waals surface area contributed by atoms with Crippen molar-refractivity contribution in [1.82, 2.24) is 4.90 Å². The van der Waals surface area contributed by atoms with E-state index in [0.29, 0.717) is 12.4 Å². The first-order chi connectivity index (χ1) is 11.5. The lowest BCUT2D eigenvalue weighted by atomic mass is 10.2. The quantitative estimate of drug-likeness (QED) is 0.609. The minimum absolute atomic E-state index is 0.00642. The topological polar surface area (TPSA) is 91.1 Å². The fourth-order valence-corrected chi connectivity index (χ4v) is 2.54. The molecule has 0 N–H and O–H groups in total. The van der Waals surface area contributed by atoms with Crippen molar-refractivity contribution in [3.8, 4) is 5.75 Å². The molecule has 0 saturated carbocycles. The summed E-state index contributed by atoms with van der Waals surface area (Å²) in [7, 11) is 0. The number of ether oxygens (including phenoxy) is 3. The fourth-order valence-electron chi connectivity index (χ4n) is 2.54. The molecule has 1 aliphatic rings. The third-order valence-electron chi connectivity index (χ3n) is 3.65. The lowest BCUT2D eigenvalue weighted by molar-refractivity contribution is -0.384. The number of nitro benzene ring substituents is 1. The van der Waals surface area contributed by atoms with Gasteiger partial charge in [-0.15, -0.1) is 0 Å². The molecule has 1 atom stereocenters. The van der Waals surface area contributed by atoms with Crippen LogP contribution in [0.1, 0.15) is 34.6 Å². The number of non-ortho nitro benzene ring substituents is 1. The van der Waals surface area contributed by atoms with Crippen LogP contribution in [0, 0.1) is 10.1 Å². The molecule has 8 nitrogen and oxygen atoms in total. The van der Waals surface area contributed by atoms with Gasteiger partial charge in [0.1, 0.15) is 23.7 Å². The van der Waals surface area contributed by atoms with Crippen molar-refractivity contribution in [3.05, 3.63) is 34.4 Å². The van der Waals surface area contributed by atoms with Gasteiger partial charge in [-0.2, -0.15) is 0 Å². The zero-order valence-electron chi connectivity index (χ0n) is 15.1. The van der Waals surface area contributed by atoms with Crippen LogP contribution in [0.5, 0.6) is 5.75 Å². The number of carbonyl (C=O) groups is 1. The number of hydrogen-bond acceptors (Lipinski definition) is 6. The summed E-state index contributed by atoms with van der Waals surface area (Å²) < 4.78 is 16.8. The Kier molecular flexibility index (Phi) is 5.22. The Morgan fingerprint density at radius 2 is 1.96 bits per heavy atom. The maximum atomic E-state index is 12.5. The van der Waals surface area contributed by atoms with Gasteiger partial charge in [0.2, 0.25) is 0 Å². The van der Waals surface area contributed by atoms with Gasteiger partial charge in [-0.05, 0) is 46.8 Å². The monoisotopic (exact) mass is 352 g/mol. The van der Waals surface area contributed by atoms with Crippen molar-refractivity contribution in [2.45, 2.75) is 52.0 Å². The first-order valence-corrected chi connectivity index (χ1v) is 8.03. The van der Waals surface area contributed by atoms with E-state index in [-0.39, 0.29) is 18.3 Å². The molecule has 0 bridgehead atoms. The molecule has 0 radical (unpaired) electrons. The molecule has 0 aromatic heterocycles. The Hall–Kier alpha value is -2.35. The number of nitrogens with zero attached hydrogens (tertiary/aromatic N) is 2. The average Bonchev–Trinajstić information content (AvgIpc) is 2.78. The van der Waals surface area contributed by atoms with Crippen LogP contribution < -0.4 is 4.74 Å². The summed E-state index contributed by atoms with van der Waals surface area (Å²) in [5, 5.41) is 10.7. The standard InChI is InChI=1S/C17H24N2O6/c1-16(2,3)25-15(20)18-13(11-24-17(18,4)5)10-23-14-8-6-12(7-9-14)19(21)22/h6-9,13H,10-11H2,1-5H3/t13-/m1/s1. The molecular weight excluding hydrogens is 328 g/mol. The van der Waals surface area contributed by atoms with Crippen molar-refractivity contribution < 1.29 is 23.9 Å². The summed E-state index contributed by atoms with van der Waals surface area (Å²) in [6, 6.07) is 5.47. The maximum absolute atomic E-state index is 12.5. The minimum Gasteiger partial charge on any atom is -0.491 e. The van der Waals surface area contributed by atoms with Crippen molar-refractivity contribution in [1.29, 1.82) is 0 Å². The minimum atomic E-state index is -0.800. The molecule has 1 amide bonds. The summed E-state index contributed by atoms with van der Waals surface area (Å²) in [5.74, 6) is 0.486. The number of hydrogen-bond donors (Lipinski definition) is 0. The predicted octanol–water partition coefficient (Wildman–Crippen LogP) is 3.35. The fraction of sp³-hybridized carbons (Fsp3) is 0.588. The third kappa shape index (κ3) is 4.82. The smallest absolute Gasteiger partial charge is 0.413 e. The zero-order chi connectivity index (χ0) is 18.8. The van der Waals surface area contributed by atoms with Gasteiger partial charge < -0.3 is 14.2 Å². The van der Waals surface area contributed by atoms with Crippen LogP contribution in [-0.4, -0.2) is 46.5 Å². The Balaban J connectivity index is 2.04. The lowest BCUT2D eigenvalue weighted by Crippen LogP contribution is -2.51. The Morgan fingerprint density at radius 3 is 2.48 bits per heavy atom. The largest absolute Gasteiger partial charge is 0.491 e. The molecular formula is C17H24N2O6. The van der Waals surface area contributed by atoms with Gasteiger partial charge in [-0.3, -0.25) is 15.0 Å². The van der Waals surface area contributed by atoms with Gasteiger partial charge in [-0.25, -0.2) is 4.79 Å². The first-order valence-electron chi connectivity index (χ1n) is 8.03. The molecule has 1 aromatic carbocycles. The third-order valence-corrected chi connectivity index (χ3v) is 3.65. The second-order valence-electron chi connectivity index (χ2n) is 7.32. The van der Waals surface area contributed by atoms with Gasteiger partial charge in [0, 0.05) is 12.1 Å². The van der Waals surface area contributed by atoms with Crippen molar-refractivity contribution in [3.63, 3.8) is 0 Å². The molecule has 1 fully saturated rings. The molecule has 0 unspecified atom stereocenters. The van der Waals surface area contributed by atoms with Crippen molar-refractivity contribution >= 4 is 11.8 Å². The highest BCUT2D eigenvalue weighted by molar-refractivity contribution is 5.69. The van der Waals surface area contributed by atoms with Crippen LogP contribution in [-0.2, 0) is 9.47 Å². The van der Waals surface area contributed by atoms with E-state index in [0.717, 1.165) is 0 Å². The van der Waals surface area contributed by atoms with Crippen molar-refractivity contribution in [2.24, 2.45) is 0 Å². The van der Waals surface area contributed by atoms with Gasteiger partial charge in [0.05, 0.1) is 17.6 Å². The molecule has 0 spiro atoms. The average molecular weight is 352 g/mol. The highest BCUT2D eigenvalue weighted by Crippen LogP contribution is 2.30. The highest BCUT2D eigenvalue weighted by atomic mass is 16.6. The van der Waals surface area contributed by atoms with Crippen molar-refractivity contribution in [2.75, 3.05) is 13.2 Å². The van der Waals surface area contributed by atoms with E-state index < -0.39 is 22.3 Å². The van der Waals surface area contributed by atoms with Crippen LogP contribution in [0.25, 0.3) is 0 Å². The van der Waals surface area contributed by atoms with E-state index in [4.69, 9.17) is 14.2 Å². The number of benzene rings is 1. The normalized spacial score (nSPS) is 19.6. The molecule has 1 saturated heterocycles. The van der Waals surface area contributed by atoms with E-state index in [9.17, 15) is 14.9 Å². The van der Waals surface area contributed by atoms with E-state index in [1.165, 1.54) is 29.2 Å². The summed E-state index contributed by atoms with van der Waals surface area (Å²) >= 11 is 0. The lowest BCUT2D eigenvalue weighted by Gasteiger charge is -2.35. The Morgan fingerprint density at radius 1 is 1.36 bits per heavy atom. The first kappa shape index (κ1) is 19.0. The van der Waals surface area contributed by atoms with Crippen LogP contribution >= 0.6 is 0 Å². The Bertz CT molecular complexity index is 636. The van der Waals surface area contributed by atoms with E-state index >= 15 is 0 Å². The number of nitro groups is 1. The van der Waals surface area contributed by atoms with Crippen LogP contribution in [0.2, 0.25) is 0 Å². The van der Waals surface area contributed by atoms with Gasteiger partial charge in [-0.1, -0.05) is 0 Å². The van der Waals surface area contributed by atoms with E-state index in [1.807, 2.05) is 0 Å². The zero-order valence-corrected chi connectivity index (χ0v) is 15.1. The number of carbonyl (C=O) groups excluding carboxylic acids is 1. The summed E-state index contributed by atoms with van der Waals surface area (Å²) in [5.41, 5.74) is -1.42. The molecule has 2 rings (SSSR count). The highest BCUT2D eigenvalue weighted by Gasteiger charge is 2.46. The molecule has 1 aliphatic heterocycles. The maximum Gasteiger partial charge on any atom is 0.413 e. The Labute approximate surface area is 146 Å². The van der Waals surface area contributed by atoms with Crippen LogP contribution in [0.4, 0.5) is 10.5 Å². The molecule has 1 aromatic rings. The second-order valence-corrected chi connectivity index (χ2v) is 7.32. The molecule has 138 valence electrons.